The fraction of sp³-hybridized carbons (Fsp3) is 0.556. The van der Waals surface area contributed by atoms with Crippen LogP contribution in [0.15, 0.2) is 29.3 Å². The van der Waals surface area contributed by atoms with Crippen molar-refractivity contribution in [2.45, 2.75) is 19.9 Å². The molecule has 132 valence electrons. The second kappa shape index (κ2) is 9.27. The standard InChI is InChI=1S/C18H27N3O3/c1-4-19-18(21(2)12-15-9-10-24-13-15)20-11-14-5-7-16(8-6-14)17(22)23-3/h5-8,15H,4,9-13H2,1-3H3,(H,19,20). The SMILES string of the molecule is CCNC(=NCc1ccc(C(=O)OC)cc1)N(C)CC1CCOC1. The summed E-state index contributed by atoms with van der Waals surface area (Å²) in [4.78, 5) is 18.3. The number of aliphatic imine (C=N–C) groups is 1. The van der Waals surface area contributed by atoms with E-state index in [4.69, 9.17) is 14.5 Å². The van der Waals surface area contributed by atoms with Crippen LogP contribution in [0.2, 0.25) is 0 Å². The second-order valence-electron chi connectivity index (χ2n) is 5.97. The average Bonchev–Trinajstić information content (AvgIpc) is 3.11. The summed E-state index contributed by atoms with van der Waals surface area (Å²) in [6, 6.07) is 7.35. The molecule has 0 amide bonds. The van der Waals surface area contributed by atoms with E-state index in [2.05, 4.69) is 24.2 Å². The number of carbonyl (C=O) groups excluding carboxylic acids is 1. The lowest BCUT2D eigenvalue weighted by Crippen LogP contribution is -2.41. The molecule has 1 heterocycles. The summed E-state index contributed by atoms with van der Waals surface area (Å²) in [5.41, 5.74) is 1.60. The Morgan fingerprint density at radius 2 is 2.17 bits per heavy atom. The van der Waals surface area contributed by atoms with Gasteiger partial charge in [-0.1, -0.05) is 12.1 Å². The fourth-order valence-corrected chi connectivity index (χ4v) is 2.70. The molecule has 1 saturated heterocycles. The highest BCUT2D eigenvalue weighted by Crippen LogP contribution is 2.13. The Balaban J connectivity index is 1.97. The van der Waals surface area contributed by atoms with Crippen LogP contribution in [-0.4, -0.2) is 57.3 Å². The molecule has 6 nitrogen and oxygen atoms in total. The second-order valence-corrected chi connectivity index (χ2v) is 5.97. The van der Waals surface area contributed by atoms with Gasteiger partial charge < -0.3 is 19.7 Å². The van der Waals surface area contributed by atoms with Gasteiger partial charge >= 0.3 is 5.97 Å². The lowest BCUT2D eigenvalue weighted by molar-refractivity contribution is 0.0600. The Kier molecular flexibility index (Phi) is 7.06. The first-order valence-electron chi connectivity index (χ1n) is 8.38. The predicted molar refractivity (Wildman–Crippen MR) is 94.2 cm³/mol. The summed E-state index contributed by atoms with van der Waals surface area (Å²) in [6.07, 6.45) is 1.11. The summed E-state index contributed by atoms with van der Waals surface area (Å²) in [5, 5.41) is 3.33. The Morgan fingerprint density at radius 3 is 2.75 bits per heavy atom. The van der Waals surface area contributed by atoms with Crippen molar-refractivity contribution in [2.75, 3.05) is 40.5 Å². The molecule has 1 unspecified atom stereocenters. The van der Waals surface area contributed by atoms with Crippen molar-refractivity contribution >= 4 is 11.9 Å². The van der Waals surface area contributed by atoms with Crippen molar-refractivity contribution in [3.05, 3.63) is 35.4 Å². The van der Waals surface area contributed by atoms with Gasteiger partial charge in [0.05, 0.1) is 25.8 Å². The van der Waals surface area contributed by atoms with Gasteiger partial charge in [0.15, 0.2) is 5.96 Å². The summed E-state index contributed by atoms with van der Waals surface area (Å²) in [5.74, 6) is 1.14. The molecule has 1 aliphatic rings. The minimum absolute atomic E-state index is 0.322. The number of ether oxygens (including phenoxy) is 2. The molecule has 0 saturated carbocycles. The highest BCUT2D eigenvalue weighted by molar-refractivity contribution is 5.89. The largest absolute Gasteiger partial charge is 0.465 e. The lowest BCUT2D eigenvalue weighted by atomic mass is 10.1. The van der Waals surface area contributed by atoms with Crippen molar-refractivity contribution in [1.29, 1.82) is 0 Å². The molecular weight excluding hydrogens is 306 g/mol. The molecule has 2 rings (SSSR count). The molecule has 1 atom stereocenters. The zero-order valence-electron chi connectivity index (χ0n) is 14.7. The third kappa shape index (κ3) is 5.23. The molecule has 0 bridgehead atoms. The number of rotatable bonds is 6. The van der Waals surface area contributed by atoms with Gasteiger partial charge in [-0.05, 0) is 31.0 Å². The molecule has 6 heteroatoms. The zero-order chi connectivity index (χ0) is 17.4. The number of nitrogens with zero attached hydrogens (tertiary/aromatic N) is 2. The predicted octanol–water partition coefficient (Wildman–Crippen LogP) is 1.91. The van der Waals surface area contributed by atoms with Gasteiger partial charge in [0.25, 0.3) is 0 Å². The van der Waals surface area contributed by atoms with Crippen molar-refractivity contribution in [2.24, 2.45) is 10.9 Å². The number of esters is 1. The van der Waals surface area contributed by atoms with Crippen LogP contribution < -0.4 is 5.32 Å². The molecule has 0 aromatic heterocycles. The van der Waals surface area contributed by atoms with E-state index in [0.717, 1.165) is 44.2 Å². The van der Waals surface area contributed by atoms with Gasteiger partial charge in [0, 0.05) is 32.7 Å². The van der Waals surface area contributed by atoms with E-state index in [9.17, 15) is 4.79 Å². The molecule has 24 heavy (non-hydrogen) atoms. The van der Waals surface area contributed by atoms with Crippen molar-refractivity contribution < 1.29 is 14.3 Å². The molecule has 1 aromatic rings. The number of guanidine groups is 1. The first-order chi connectivity index (χ1) is 11.6. The summed E-state index contributed by atoms with van der Waals surface area (Å²) in [6.45, 7) is 6.08. The van der Waals surface area contributed by atoms with Gasteiger partial charge in [-0.25, -0.2) is 9.79 Å². The quantitative estimate of drug-likeness (QED) is 0.489. The molecule has 1 aliphatic heterocycles. The molecule has 0 aliphatic carbocycles. The van der Waals surface area contributed by atoms with Crippen LogP contribution in [0.1, 0.15) is 29.3 Å². The van der Waals surface area contributed by atoms with Crippen LogP contribution in [-0.2, 0) is 16.0 Å². The first kappa shape index (κ1) is 18.3. The molecule has 0 spiro atoms. The van der Waals surface area contributed by atoms with Gasteiger partial charge in [0.2, 0.25) is 0 Å². The van der Waals surface area contributed by atoms with Gasteiger partial charge in [-0.2, -0.15) is 0 Å². The molecule has 1 aromatic carbocycles. The Labute approximate surface area is 143 Å². The van der Waals surface area contributed by atoms with Crippen LogP contribution in [0.5, 0.6) is 0 Å². The van der Waals surface area contributed by atoms with Crippen molar-refractivity contribution in [3.63, 3.8) is 0 Å². The van der Waals surface area contributed by atoms with E-state index in [1.165, 1.54) is 7.11 Å². The maximum absolute atomic E-state index is 11.5. The number of nitrogens with one attached hydrogen (secondary N) is 1. The van der Waals surface area contributed by atoms with E-state index >= 15 is 0 Å². The normalized spacial score (nSPS) is 17.6. The zero-order valence-corrected chi connectivity index (χ0v) is 14.7. The highest BCUT2D eigenvalue weighted by Gasteiger charge is 2.19. The topological polar surface area (TPSA) is 63.2 Å². The first-order valence-corrected chi connectivity index (χ1v) is 8.38. The maximum Gasteiger partial charge on any atom is 0.337 e. The van der Waals surface area contributed by atoms with Gasteiger partial charge in [-0.15, -0.1) is 0 Å². The lowest BCUT2D eigenvalue weighted by Gasteiger charge is -2.24. The monoisotopic (exact) mass is 333 g/mol. The van der Waals surface area contributed by atoms with Crippen LogP contribution in [0.3, 0.4) is 0 Å². The van der Waals surface area contributed by atoms with Gasteiger partial charge in [0.1, 0.15) is 0 Å². The van der Waals surface area contributed by atoms with E-state index in [1.54, 1.807) is 12.1 Å². The van der Waals surface area contributed by atoms with E-state index in [-0.39, 0.29) is 5.97 Å². The molecule has 0 radical (unpaired) electrons. The minimum atomic E-state index is -0.322. The number of benzene rings is 1. The van der Waals surface area contributed by atoms with Crippen molar-refractivity contribution in [1.82, 2.24) is 10.2 Å². The van der Waals surface area contributed by atoms with Crippen LogP contribution in [0.25, 0.3) is 0 Å². The number of hydrogen-bond acceptors (Lipinski definition) is 4. The number of methoxy groups -OCH3 is 1. The van der Waals surface area contributed by atoms with E-state index in [0.29, 0.717) is 18.0 Å². The molecule has 1 N–H and O–H groups in total. The average molecular weight is 333 g/mol. The number of hydrogen-bond donors (Lipinski definition) is 1. The van der Waals surface area contributed by atoms with Crippen LogP contribution in [0.4, 0.5) is 0 Å². The summed E-state index contributed by atoms with van der Waals surface area (Å²) >= 11 is 0. The third-order valence-electron chi connectivity index (χ3n) is 4.04. The smallest absolute Gasteiger partial charge is 0.337 e. The number of carbonyl (C=O) groups is 1. The Bertz CT molecular complexity index is 551. The van der Waals surface area contributed by atoms with E-state index < -0.39 is 0 Å². The Morgan fingerprint density at radius 1 is 1.42 bits per heavy atom. The highest BCUT2D eigenvalue weighted by atomic mass is 16.5. The van der Waals surface area contributed by atoms with E-state index in [1.807, 2.05) is 12.1 Å². The molecule has 1 fully saturated rings. The molecular formula is C18H27N3O3. The van der Waals surface area contributed by atoms with Crippen molar-refractivity contribution in [3.8, 4) is 0 Å². The third-order valence-corrected chi connectivity index (χ3v) is 4.04. The minimum Gasteiger partial charge on any atom is -0.465 e. The van der Waals surface area contributed by atoms with Crippen LogP contribution >= 0.6 is 0 Å². The van der Waals surface area contributed by atoms with Gasteiger partial charge in [-0.3, -0.25) is 0 Å². The Hall–Kier alpha value is -2.08. The fourth-order valence-electron chi connectivity index (χ4n) is 2.70. The van der Waals surface area contributed by atoms with Crippen LogP contribution in [0, 0.1) is 5.92 Å². The maximum atomic E-state index is 11.5. The summed E-state index contributed by atoms with van der Waals surface area (Å²) in [7, 11) is 3.44. The summed E-state index contributed by atoms with van der Waals surface area (Å²) < 4.78 is 10.1.